The number of carboxylic acid groups (broad SMARTS) is 1. The summed E-state index contributed by atoms with van der Waals surface area (Å²) in [6.45, 7) is 3.60. The van der Waals surface area contributed by atoms with Crippen molar-refractivity contribution >= 4 is 11.9 Å². The molecule has 0 radical (unpaired) electrons. The summed E-state index contributed by atoms with van der Waals surface area (Å²) in [5.41, 5.74) is -1.08. The highest BCUT2D eigenvalue weighted by Crippen LogP contribution is 2.28. The van der Waals surface area contributed by atoms with Crippen LogP contribution >= 0.6 is 0 Å². The first-order chi connectivity index (χ1) is 8.54. The molecule has 0 saturated heterocycles. The molecule has 4 nitrogen and oxygen atoms in total. The standard InChI is InChI=1S/C14H25NO3/c1-3-14(4-2,13(17)18)15-12(16)10-9-11-7-5-6-8-11/h11H,3-10H2,1-2H3,(H,15,16)(H,17,18). The predicted molar refractivity (Wildman–Crippen MR) is 70.3 cm³/mol. The SMILES string of the molecule is CCC(CC)(NC(=O)CCC1CCCC1)C(=O)O. The van der Waals surface area contributed by atoms with Crippen molar-refractivity contribution in [3.05, 3.63) is 0 Å². The lowest BCUT2D eigenvalue weighted by Crippen LogP contribution is -2.53. The highest BCUT2D eigenvalue weighted by Gasteiger charge is 2.36. The molecule has 0 spiro atoms. The second-order valence-corrected chi connectivity index (χ2v) is 5.33. The van der Waals surface area contributed by atoms with Crippen LogP contribution in [-0.2, 0) is 9.59 Å². The summed E-state index contributed by atoms with van der Waals surface area (Å²) in [4.78, 5) is 23.1. The van der Waals surface area contributed by atoms with E-state index in [1.54, 1.807) is 13.8 Å². The number of carbonyl (C=O) groups is 2. The zero-order chi connectivity index (χ0) is 13.6. The first-order valence-electron chi connectivity index (χ1n) is 7.08. The molecule has 0 aromatic carbocycles. The van der Waals surface area contributed by atoms with Crippen molar-refractivity contribution in [3.8, 4) is 0 Å². The predicted octanol–water partition coefficient (Wildman–Crippen LogP) is 2.72. The molecular weight excluding hydrogens is 230 g/mol. The number of carboxylic acids is 1. The van der Waals surface area contributed by atoms with Crippen LogP contribution in [0.5, 0.6) is 0 Å². The van der Waals surface area contributed by atoms with Crippen LogP contribution in [0.3, 0.4) is 0 Å². The van der Waals surface area contributed by atoms with Gasteiger partial charge in [-0.05, 0) is 25.2 Å². The van der Waals surface area contributed by atoms with Crippen molar-refractivity contribution in [2.24, 2.45) is 5.92 Å². The van der Waals surface area contributed by atoms with Gasteiger partial charge in [-0.25, -0.2) is 4.79 Å². The van der Waals surface area contributed by atoms with Crippen molar-refractivity contribution < 1.29 is 14.7 Å². The minimum atomic E-state index is -1.08. The van der Waals surface area contributed by atoms with E-state index in [1.807, 2.05) is 0 Å². The fourth-order valence-electron chi connectivity index (χ4n) is 2.75. The Kier molecular flexibility index (Phi) is 5.63. The lowest BCUT2D eigenvalue weighted by atomic mass is 9.92. The number of aliphatic carboxylic acids is 1. The molecule has 1 fully saturated rings. The van der Waals surface area contributed by atoms with Gasteiger partial charge in [0.1, 0.15) is 5.54 Å². The fraction of sp³-hybridized carbons (Fsp3) is 0.857. The molecule has 1 amide bonds. The van der Waals surface area contributed by atoms with Crippen LogP contribution in [0.25, 0.3) is 0 Å². The smallest absolute Gasteiger partial charge is 0.329 e. The summed E-state index contributed by atoms with van der Waals surface area (Å²) >= 11 is 0. The van der Waals surface area contributed by atoms with E-state index in [0.29, 0.717) is 25.2 Å². The third-order valence-electron chi connectivity index (χ3n) is 4.25. The summed E-state index contributed by atoms with van der Waals surface area (Å²) < 4.78 is 0. The van der Waals surface area contributed by atoms with Gasteiger partial charge in [-0.1, -0.05) is 39.5 Å². The molecular formula is C14H25NO3. The van der Waals surface area contributed by atoms with E-state index in [9.17, 15) is 14.7 Å². The maximum Gasteiger partial charge on any atom is 0.329 e. The minimum Gasteiger partial charge on any atom is -0.480 e. The molecule has 0 heterocycles. The molecule has 1 aliphatic rings. The summed E-state index contributed by atoms with van der Waals surface area (Å²) in [7, 11) is 0. The minimum absolute atomic E-state index is 0.118. The van der Waals surface area contributed by atoms with E-state index < -0.39 is 11.5 Å². The van der Waals surface area contributed by atoms with E-state index in [1.165, 1.54) is 25.7 Å². The number of amides is 1. The van der Waals surface area contributed by atoms with E-state index >= 15 is 0 Å². The summed E-state index contributed by atoms with van der Waals surface area (Å²) in [5, 5.41) is 12.0. The molecule has 0 unspecified atom stereocenters. The number of rotatable bonds is 7. The van der Waals surface area contributed by atoms with Crippen LogP contribution in [0, 0.1) is 5.92 Å². The van der Waals surface area contributed by atoms with E-state index in [4.69, 9.17) is 0 Å². The zero-order valence-electron chi connectivity index (χ0n) is 11.5. The average molecular weight is 255 g/mol. The summed E-state index contributed by atoms with van der Waals surface area (Å²) in [6, 6.07) is 0. The van der Waals surface area contributed by atoms with Gasteiger partial charge in [-0.2, -0.15) is 0 Å². The molecule has 2 N–H and O–H groups in total. The molecule has 18 heavy (non-hydrogen) atoms. The van der Waals surface area contributed by atoms with Gasteiger partial charge in [-0.15, -0.1) is 0 Å². The molecule has 0 aromatic heterocycles. The molecule has 0 bridgehead atoms. The number of hydrogen-bond acceptors (Lipinski definition) is 2. The monoisotopic (exact) mass is 255 g/mol. The van der Waals surface area contributed by atoms with Crippen LogP contribution in [0.2, 0.25) is 0 Å². The van der Waals surface area contributed by atoms with Gasteiger partial charge < -0.3 is 10.4 Å². The van der Waals surface area contributed by atoms with Crippen molar-refractivity contribution in [2.45, 2.75) is 70.8 Å². The van der Waals surface area contributed by atoms with Gasteiger partial charge in [0.15, 0.2) is 0 Å². The van der Waals surface area contributed by atoms with Crippen molar-refractivity contribution in [1.82, 2.24) is 5.32 Å². The Bertz CT molecular complexity index is 291. The van der Waals surface area contributed by atoms with E-state index in [2.05, 4.69) is 5.32 Å². The van der Waals surface area contributed by atoms with Crippen LogP contribution in [0.15, 0.2) is 0 Å². The summed E-state index contributed by atoms with van der Waals surface area (Å²) in [5.74, 6) is -0.382. The van der Waals surface area contributed by atoms with Crippen LogP contribution < -0.4 is 5.32 Å². The first kappa shape index (κ1) is 15.0. The van der Waals surface area contributed by atoms with Gasteiger partial charge in [0, 0.05) is 6.42 Å². The van der Waals surface area contributed by atoms with Gasteiger partial charge in [-0.3, -0.25) is 4.79 Å². The first-order valence-corrected chi connectivity index (χ1v) is 7.08. The summed E-state index contributed by atoms with van der Waals surface area (Å²) in [6.07, 6.45) is 7.19. The maximum absolute atomic E-state index is 11.9. The lowest BCUT2D eigenvalue weighted by Gasteiger charge is -2.28. The molecule has 1 aliphatic carbocycles. The van der Waals surface area contributed by atoms with Gasteiger partial charge in [0.25, 0.3) is 0 Å². The average Bonchev–Trinajstić information content (AvgIpc) is 2.86. The molecule has 1 saturated carbocycles. The lowest BCUT2D eigenvalue weighted by molar-refractivity contribution is -0.148. The maximum atomic E-state index is 11.9. The highest BCUT2D eigenvalue weighted by atomic mass is 16.4. The molecule has 104 valence electrons. The molecule has 1 rings (SSSR count). The highest BCUT2D eigenvalue weighted by molar-refractivity contribution is 5.86. The molecule has 0 aliphatic heterocycles. The van der Waals surface area contributed by atoms with Crippen molar-refractivity contribution in [3.63, 3.8) is 0 Å². The number of nitrogens with one attached hydrogen (secondary N) is 1. The Hall–Kier alpha value is -1.06. The number of carbonyl (C=O) groups excluding carboxylic acids is 1. The van der Waals surface area contributed by atoms with Crippen molar-refractivity contribution in [2.75, 3.05) is 0 Å². The third-order valence-corrected chi connectivity index (χ3v) is 4.25. The molecule has 0 aromatic rings. The van der Waals surface area contributed by atoms with Crippen LogP contribution in [0.4, 0.5) is 0 Å². The molecule has 4 heteroatoms. The second-order valence-electron chi connectivity index (χ2n) is 5.33. The molecule has 0 atom stereocenters. The fourth-order valence-corrected chi connectivity index (χ4v) is 2.75. The number of hydrogen-bond donors (Lipinski definition) is 2. The second kappa shape index (κ2) is 6.76. The van der Waals surface area contributed by atoms with E-state index in [0.717, 1.165) is 6.42 Å². The largest absolute Gasteiger partial charge is 0.480 e. The Morgan fingerprint density at radius 3 is 2.22 bits per heavy atom. The topological polar surface area (TPSA) is 66.4 Å². The van der Waals surface area contributed by atoms with Crippen LogP contribution in [0.1, 0.15) is 65.2 Å². The normalized spacial score (nSPS) is 16.8. The van der Waals surface area contributed by atoms with Gasteiger partial charge >= 0.3 is 5.97 Å². The Balaban J connectivity index is 2.43. The van der Waals surface area contributed by atoms with Crippen molar-refractivity contribution in [1.29, 1.82) is 0 Å². The van der Waals surface area contributed by atoms with E-state index in [-0.39, 0.29) is 5.91 Å². The van der Waals surface area contributed by atoms with Gasteiger partial charge in [0.05, 0.1) is 0 Å². The Labute approximate surface area is 109 Å². The Morgan fingerprint density at radius 2 is 1.78 bits per heavy atom. The quantitative estimate of drug-likeness (QED) is 0.735. The van der Waals surface area contributed by atoms with Gasteiger partial charge in [0.2, 0.25) is 5.91 Å². The Morgan fingerprint density at radius 1 is 1.22 bits per heavy atom. The van der Waals surface area contributed by atoms with Crippen LogP contribution in [-0.4, -0.2) is 22.5 Å². The zero-order valence-corrected chi connectivity index (χ0v) is 11.5. The third kappa shape index (κ3) is 3.72.